The number of imide groups is 1. The van der Waals surface area contributed by atoms with Gasteiger partial charge >= 0.3 is 11.9 Å². The number of carbonyl (C=O) groups excluding carboxylic acids is 9. The highest BCUT2D eigenvalue weighted by Gasteiger charge is 2.30. The van der Waals surface area contributed by atoms with E-state index >= 15 is 0 Å². The fraction of sp³-hybridized carbons (Fsp3) is 0.346. The summed E-state index contributed by atoms with van der Waals surface area (Å²) in [7, 11) is 1.43. The van der Waals surface area contributed by atoms with Gasteiger partial charge in [-0.3, -0.25) is 58.0 Å². The van der Waals surface area contributed by atoms with Gasteiger partial charge in [0.05, 0.1) is 41.9 Å². The predicted octanol–water partition coefficient (Wildman–Crippen LogP) is 1.98. The van der Waals surface area contributed by atoms with E-state index in [9.17, 15) is 53.1 Å². The summed E-state index contributed by atoms with van der Waals surface area (Å²) in [5, 5.41) is 21.1. The van der Waals surface area contributed by atoms with Crippen LogP contribution >= 0.6 is 11.3 Å². The van der Waals surface area contributed by atoms with Crippen molar-refractivity contribution in [1.82, 2.24) is 44.4 Å². The van der Waals surface area contributed by atoms with E-state index in [-0.39, 0.29) is 94.5 Å². The molecule has 0 radical (unpaired) electrons. The summed E-state index contributed by atoms with van der Waals surface area (Å²) >= 11 is 1.13. The molecular formula is C52H57N13O15S. The van der Waals surface area contributed by atoms with Crippen LogP contribution in [0, 0.1) is 13.8 Å². The Labute approximate surface area is 463 Å². The van der Waals surface area contributed by atoms with Crippen LogP contribution in [0.5, 0.6) is 11.5 Å². The molecule has 0 spiro atoms. The number of fused-ring (bicyclic) bond motifs is 2. The second-order valence-corrected chi connectivity index (χ2v) is 19.1. The van der Waals surface area contributed by atoms with Crippen molar-refractivity contribution < 1.29 is 71.7 Å². The number of aryl methyl sites for hydroxylation is 4. The fourth-order valence-corrected chi connectivity index (χ4v) is 9.50. The summed E-state index contributed by atoms with van der Waals surface area (Å²) in [6.45, 7) is 7.65. The normalized spacial score (nSPS) is 13.3. The molecule has 8 amide bonds. The van der Waals surface area contributed by atoms with Gasteiger partial charge in [0.25, 0.3) is 23.6 Å². The topological polar surface area (TPSA) is 389 Å². The molecule has 0 fully saturated rings. The molecule has 1 aliphatic heterocycles. The molecule has 81 heavy (non-hydrogen) atoms. The van der Waals surface area contributed by atoms with E-state index in [0.29, 0.717) is 39.5 Å². The summed E-state index contributed by atoms with van der Waals surface area (Å²) in [5.41, 5.74) is 13.8. The number of rotatable bonds is 26. The third kappa shape index (κ3) is 13.9. The first-order chi connectivity index (χ1) is 38.6. The van der Waals surface area contributed by atoms with Gasteiger partial charge in [-0.05, 0) is 63.9 Å². The number of allylic oxidation sites excluding steroid dienone is 2. The second kappa shape index (κ2) is 25.8. The second-order valence-electron chi connectivity index (χ2n) is 18.1. The molecule has 426 valence electrons. The van der Waals surface area contributed by atoms with Gasteiger partial charge in [-0.15, -0.1) is 0 Å². The van der Waals surface area contributed by atoms with Gasteiger partial charge in [-0.2, -0.15) is 10.1 Å². The molecule has 2 aromatic carbocycles. The number of carboxylic acids is 1. The minimum atomic E-state index is -1.47. The van der Waals surface area contributed by atoms with Crippen LogP contribution < -0.4 is 41.7 Å². The molecule has 0 aliphatic carbocycles. The van der Waals surface area contributed by atoms with Crippen molar-refractivity contribution in [3.63, 3.8) is 0 Å². The monoisotopic (exact) mass is 1140 g/mol. The number of nitrogens with two attached hydrogens (primary N) is 2. The molecule has 4 aromatic heterocycles. The number of benzene rings is 2. The molecule has 0 bridgehead atoms. The number of esters is 1. The van der Waals surface area contributed by atoms with Gasteiger partial charge < -0.3 is 55.0 Å². The first kappa shape index (κ1) is 58.9. The number of aromatic nitrogens is 6. The highest BCUT2D eigenvalue weighted by atomic mass is 32.1. The number of amides is 8. The third-order valence-electron chi connectivity index (χ3n) is 12.3. The molecular weight excluding hydrogens is 1080 g/mol. The van der Waals surface area contributed by atoms with Crippen LogP contribution in [0.2, 0.25) is 0 Å². The Kier molecular flexibility index (Phi) is 18.7. The van der Waals surface area contributed by atoms with Gasteiger partial charge in [0.15, 0.2) is 10.7 Å². The summed E-state index contributed by atoms with van der Waals surface area (Å²) in [5.74, 6) is -7.75. The maximum atomic E-state index is 13.9. The summed E-state index contributed by atoms with van der Waals surface area (Å²) < 4.78 is 28.4. The lowest BCUT2D eigenvalue weighted by atomic mass is 10.1. The lowest BCUT2D eigenvalue weighted by Gasteiger charge is -2.21. The van der Waals surface area contributed by atoms with Crippen LogP contribution in [0.15, 0.2) is 64.0 Å². The zero-order valence-corrected chi connectivity index (χ0v) is 45.5. The van der Waals surface area contributed by atoms with Gasteiger partial charge in [-0.1, -0.05) is 30.4 Å². The Morgan fingerprint density at radius 2 is 1.56 bits per heavy atom. The number of ether oxygens (including phenoxy) is 3. The number of aliphatic carboxylic acids is 1. The van der Waals surface area contributed by atoms with E-state index < -0.39 is 90.7 Å². The smallest absolute Gasteiger partial charge is 0.328 e. The summed E-state index contributed by atoms with van der Waals surface area (Å²) in [6, 6.07) is 4.72. The maximum Gasteiger partial charge on any atom is 0.328 e. The minimum absolute atomic E-state index is 0.00396. The number of nitrogens with one attached hydrogen (secondary N) is 3. The molecule has 28 nitrogen and oxygen atoms in total. The van der Waals surface area contributed by atoms with Gasteiger partial charge in [0.2, 0.25) is 35.3 Å². The maximum absolute atomic E-state index is 13.9. The van der Waals surface area contributed by atoms with E-state index in [1.54, 1.807) is 58.9 Å². The Morgan fingerprint density at radius 1 is 0.877 bits per heavy atom. The average Bonchev–Trinajstić information content (AvgIpc) is 4.43. The molecule has 2 atom stereocenters. The van der Waals surface area contributed by atoms with Crippen molar-refractivity contribution in [3.05, 3.63) is 99.3 Å². The van der Waals surface area contributed by atoms with E-state index in [1.165, 1.54) is 32.2 Å². The zero-order valence-electron chi connectivity index (χ0n) is 44.7. The lowest BCUT2D eigenvalue weighted by Crippen LogP contribution is -2.53. The number of carbonyl (C=O) groups is 10. The molecule has 0 saturated carbocycles. The van der Waals surface area contributed by atoms with Crippen molar-refractivity contribution >= 4 is 97.7 Å². The number of carboxylic acid groups (broad SMARTS) is 1. The standard InChI is InChI=1S/C52H57N13O15S/c1-7-31-44(80-28(5)56-31)49(75)59-51-58-33-21-29(45(53)71)23-36(78-18-11-19-79-50(76)27(4)55-47(73)32(12-15-41(69)70)57-38(66)25-64-39(67)13-14-40(64)68)42(33)62(51)16-9-10-17-63-43-35(77-6)22-30(46(54)72)24-37(43)81-52(63)60-48(74)34-20-26(3)61-65(34)8-2/h9-10,13-14,20-24,27,32H,7-8,11-12,15-19,25H2,1-6H3,(H2,53,71)(H2,54,72)(H,55,73)(H,57,66)(H,69,70)(H,58,59,75)/b10-9+,60-52?/t27-,32-/m0/s1. The van der Waals surface area contributed by atoms with E-state index in [4.69, 9.17) is 30.1 Å². The van der Waals surface area contributed by atoms with Crippen LogP contribution in [-0.2, 0) is 59.6 Å². The molecule has 5 heterocycles. The Bertz CT molecular complexity index is 3640. The summed E-state index contributed by atoms with van der Waals surface area (Å²) in [4.78, 5) is 141. The van der Waals surface area contributed by atoms with E-state index in [2.05, 4.69) is 36.0 Å². The SMILES string of the molecule is CCc1nc(C)oc1C(=O)Nc1nc2cc(C(N)=O)cc(OCCCOC(=O)[C@H](C)NC(=O)[C@H](CCC(=O)O)NC(=O)CN3C(=O)C=CC3=O)c2n1C/C=C/Cn1c(=NC(=O)c2cc(C)nn2CC)sc2cc(C(N)=O)cc(OC)c21. The molecule has 7 rings (SSSR count). The number of methoxy groups -OCH3 is 1. The largest absolute Gasteiger partial charge is 0.494 e. The fourth-order valence-electron chi connectivity index (χ4n) is 8.41. The zero-order chi connectivity index (χ0) is 58.8. The molecule has 0 saturated heterocycles. The van der Waals surface area contributed by atoms with Crippen LogP contribution in [0.4, 0.5) is 5.95 Å². The van der Waals surface area contributed by atoms with Crippen molar-refractivity contribution in [3.8, 4) is 11.5 Å². The molecule has 1 aliphatic rings. The van der Waals surface area contributed by atoms with Gasteiger partial charge in [0.1, 0.15) is 46.9 Å². The number of thiazole rings is 1. The molecule has 0 unspecified atom stereocenters. The first-order valence-electron chi connectivity index (χ1n) is 25.2. The highest BCUT2D eigenvalue weighted by Crippen LogP contribution is 2.33. The number of nitrogens with zero attached hydrogens (tertiary/aromatic N) is 8. The van der Waals surface area contributed by atoms with Crippen molar-refractivity contribution in [2.45, 2.75) is 92.0 Å². The Balaban J connectivity index is 1.13. The summed E-state index contributed by atoms with van der Waals surface area (Å²) in [6.07, 6.45) is 4.90. The van der Waals surface area contributed by atoms with Crippen LogP contribution in [0.1, 0.15) is 99.1 Å². The van der Waals surface area contributed by atoms with E-state index in [1.807, 2.05) is 6.92 Å². The van der Waals surface area contributed by atoms with Crippen molar-refractivity contribution in [1.29, 1.82) is 0 Å². The number of hydrogen-bond acceptors (Lipinski definition) is 18. The lowest BCUT2D eigenvalue weighted by molar-refractivity contribution is -0.148. The van der Waals surface area contributed by atoms with Crippen molar-refractivity contribution in [2.75, 3.05) is 32.2 Å². The van der Waals surface area contributed by atoms with E-state index in [0.717, 1.165) is 23.5 Å². The van der Waals surface area contributed by atoms with Crippen LogP contribution in [0.25, 0.3) is 21.3 Å². The Hall–Kier alpha value is -9.80. The minimum Gasteiger partial charge on any atom is -0.494 e. The number of anilines is 1. The molecule has 8 N–H and O–H groups in total. The van der Waals surface area contributed by atoms with Gasteiger partial charge in [-0.25, -0.2) is 14.8 Å². The number of hydrogen-bond donors (Lipinski definition) is 6. The number of primary amides is 2. The highest BCUT2D eigenvalue weighted by molar-refractivity contribution is 7.16. The van der Waals surface area contributed by atoms with Crippen LogP contribution in [0.3, 0.4) is 0 Å². The first-order valence-corrected chi connectivity index (χ1v) is 26.0. The van der Waals surface area contributed by atoms with Crippen molar-refractivity contribution in [2.24, 2.45) is 16.5 Å². The molecule has 6 aromatic rings. The van der Waals surface area contributed by atoms with Gasteiger partial charge in [0, 0.05) is 62.7 Å². The average molecular weight is 1140 g/mol. The number of oxazole rings is 1. The predicted molar refractivity (Wildman–Crippen MR) is 287 cm³/mol. The molecule has 29 heteroatoms. The van der Waals surface area contributed by atoms with Crippen LogP contribution in [-0.4, -0.2) is 137 Å². The Morgan fingerprint density at radius 3 is 2.21 bits per heavy atom. The third-order valence-corrected chi connectivity index (χ3v) is 13.3. The number of imidazole rings is 1. The quantitative estimate of drug-likeness (QED) is 0.0196.